The molecule has 0 unspecified atom stereocenters. The van der Waals surface area contributed by atoms with Gasteiger partial charge in [-0.3, -0.25) is 20.2 Å². The first-order valence-electron chi connectivity index (χ1n) is 5.44. The zero-order chi connectivity index (χ0) is 14.7. The summed E-state index contributed by atoms with van der Waals surface area (Å²) in [4.78, 5) is 20.4. The average Bonchev–Trinajstić information content (AvgIpc) is 2.86. The fraction of sp³-hybridized carbons (Fsp3) is 0.200. The third kappa shape index (κ3) is 2.91. The first-order valence-corrected chi connectivity index (χ1v) is 6.26. The van der Waals surface area contributed by atoms with Crippen LogP contribution in [-0.4, -0.2) is 20.0 Å². The first kappa shape index (κ1) is 13.9. The maximum atomic E-state index is 11.0. The number of benzene rings is 1. The van der Waals surface area contributed by atoms with Gasteiger partial charge in [0.05, 0.1) is 20.8 Å². The lowest BCUT2D eigenvalue weighted by atomic mass is 10.3. The zero-order valence-corrected chi connectivity index (χ0v) is 11.0. The summed E-state index contributed by atoms with van der Waals surface area (Å²) in [6.07, 6.45) is 0.552. The van der Waals surface area contributed by atoms with Crippen molar-refractivity contribution in [1.82, 2.24) is 10.2 Å². The van der Waals surface area contributed by atoms with Crippen LogP contribution in [0.3, 0.4) is 0 Å². The van der Waals surface area contributed by atoms with E-state index in [1.807, 2.05) is 6.92 Å². The van der Waals surface area contributed by atoms with Gasteiger partial charge in [-0.2, -0.15) is 0 Å². The normalized spacial score (nSPS) is 10.4. The predicted molar refractivity (Wildman–Crippen MR) is 67.5 cm³/mol. The van der Waals surface area contributed by atoms with Crippen LogP contribution in [0.25, 0.3) is 0 Å². The summed E-state index contributed by atoms with van der Waals surface area (Å²) in [6, 6.07) is 3.38. The van der Waals surface area contributed by atoms with E-state index in [-0.39, 0.29) is 21.5 Å². The van der Waals surface area contributed by atoms with Crippen molar-refractivity contribution in [3.8, 4) is 0 Å². The number of nitrogens with zero attached hydrogens (tertiary/aromatic N) is 4. The van der Waals surface area contributed by atoms with E-state index in [4.69, 9.17) is 4.42 Å². The van der Waals surface area contributed by atoms with Gasteiger partial charge in [0.2, 0.25) is 5.89 Å². The number of nitro groups is 2. The summed E-state index contributed by atoms with van der Waals surface area (Å²) in [5.41, 5.74) is -0.721. The quantitative estimate of drug-likeness (QED) is 0.608. The molecule has 0 aliphatic heterocycles. The minimum Gasteiger partial charge on any atom is -0.416 e. The molecule has 2 aromatic rings. The van der Waals surface area contributed by atoms with Crippen LogP contribution >= 0.6 is 11.8 Å². The van der Waals surface area contributed by atoms with Crippen molar-refractivity contribution in [3.05, 3.63) is 44.3 Å². The molecule has 9 nitrogen and oxygen atoms in total. The lowest BCUT2D eigenvalue weighted by molar-refractivity contribution is -0.396. The Hall–Kier alpha value is -2.49. The number of non-ortho nitro benzene ring substituents is 1. The van der Waals surface area contributed by atoms with Gasteiger partial charge in [0.25, 0.3) is 16.6 Å². The Bertz CT molecular complexity index is 671. The van der Waals surface area contributed by atoms with Crippen molar-refractivity contribution >= 4 is 23.1 Å². The lowest BCUT2D eigenvalue weighted by Gasteiger charge is -1.99. The Morgan fingerprint density at radius 1 is 1.25 bits per heavy atom. The van der Waals surface area contributed by atoms with E-state index in [1.165, 1.54) is 12.1 Å². The number of hydrogen-bond donors (Lipinski definition) is 0. The number of aromatic nitrogens is 2. The first-order chi connectivity index (χ1) is 9.51. The maximum absolute atomic E-state index is 11.0. The Morgan fingerprint density at radius 2 is 2.00 bits per heavy atom. The summed E-state index contributed by atoms with van der Waals surface area (Å²) in [6.45, 7) is 1.83. The van der Waals surface area contributed by atoms with Crippen LogP contribution in [0, 0.1) is 20.2 Å². The molecular weight excluding hydrogens is 288 g/mol. The molecule has 0 atom stereocenters. The van der Waals surface area contributed by atoms with E-state index in [1.54, 1.807) is 0 Å². The molecule has 20 heavy (non-hydrogen) atoms. The molecule has 0 radical (unpaired) electrons. The molecule has 0 N–H and O–H groups in total. The van der Waals surface area contributed by atoms with Gasteiger partial charge < -0.3 is 4.42 Å². The highest BCUT2D eigenvalue weighted by atomic mass is 32.2. The molecule has 104 valence electrons. The highest BCUT2D eigenvalue weighted by Crippen LogP contribution is 2.36. The van der Waals surface area contributed by atoms with Crippen molar-refractivity contribution in [2.45, 2.75) is 23.5 Å². The minimum atomic E-state index is -0.691. The van der Waals surface area contributed by atoms with Crippen LogP contribution < -0.4 is 0 Å². The molecule has 0 aliphatic carbocycles. The second-order valence-electron chi connectivity index (χ2n) is 3.58. The molecule has 0 saturated heterocycles. The third-order valence-electron chi connectivity index (χ3n) is 2.30. The molecule has 0 aliphatic rings. The molecule has 0 fully saturated rings. The summed E-state index contributed by atoms with van der Waals surface area (Å²) in [5, 5.41) is 29.2. The highest BCUT2D eigenvalue weighted by Gasteiger charge is 2.21. The van der Waals surface area contributed by atoms with E-state index < -0.39 is 9.85 Å². The van der Waals surface area contributed by atoms with Gasteiger partial charge in [0, 0.05) is 12.5 Å². The van der Waals surface area contributed by atoms with Crippen molar-refractivity contribution in [2.24, 2.45) is 0 Å². The van der Waals surface area contributed by atoms with Crippen molar-refractivity contribution in [3.63, 3.8) is 0 Å². The van der Waals surface area contributed by atoms with Gasteiger partial charge in [-0.1, -0.05) is 6.92 Å². The third-order valence-corrected chi connectivity index (χ3v) is 3.20. The Kier molecular flexibility index (Phi) is 3.94. The number of aryl methyl sites for hydroxylation is 1. The monoisotopic (exact) mass is 296 g/mol. The molecule has 1 heterocycles. The summed E-state index contributed by atoms with van der Waals surface area (Å²) < 4.78 is 5.23. The van der Waals surface area contributed by atoms with Gasteiger partial charge in [-0.05, 0) is 17.8 Å². The van der Waals surface area contributed by atoms with Gasteiger partial charge in [0.15, 0.2) is 0 Å². The van der Waals surface area contributed by atoms with Gasteiger partial charge in [0.1, 0.15) is 0 Å². The van der Waals surface area contributed by atoms with Crippen LogP contribution in [-0.2, 0) is 6.42 Å². The molecule has 1 aromatic heterocycles. The average molecular weight is 296 g/mol. The lowest BCUT2D eigenvalue weighted by Crippen LogP contribution is -1.94. The maximum Gasteiger partial charge on any atom is 0.290 e. The Morgan fingerprint density at radius 3 is 2.55 bits per heavy atom. The molecular formula is C10H8N4O5S. The summed E-state index contributed by atoms with van der Waals surface area (Å²) in [5.74, 6) is 0.414. The minimum absolute atomic E-state index is 0.152. The van der Waals surface area contributed by atoms with Gasteiger partial charge in [-0.25, -0.2) is 0 Å². The number of hydrogen-bond acceptors (Lipinski definition) is 8. The van der Waals surface area contributed by atoms with E-state index >= 15 is 0 Å². The van der Waals surface area contributed by atoms with Crippen LogP contribution in [0.1, 0.15) is 12.8 Å². The number of rotatable bonds is 5. The molecule has 1 aromatic carbocycles. The van der Waals surface area contributed by atoms with Crippen LogP contribution in [0.5, 0.6) is 0 Å². The number of nitro benzene ring substituents is 2. The molecule has 10 heteroatoms. The highest BCUT2D eigenvalue weighted by molar-refractivity contribution is 7.99. The standard InChI is InChI=1S/C10H8N4O5S/c1-2-9-11-12-10(19-9)20-8-4-3-6(13(15)16)5-7(8)14(17)18/h3-5H,2H2,1H3. The summed E-state index contributed by atoms with van der Waals surface area (Å²) in [7, 11) is 0. The molecule has 0 saturated carbocycles. The molecule has 0 spiro atoms. The SMILES string of the molecule is CCc1nnc(Sc2ccc([N+](=O)[O-])cc2[N+](=O)[O-])o1. The van der Waals surface area contributed by atoms with Crippen LogP contribution in [0.15, 0.2) is 32.7 Å². The molecule has 0 amide bonds. The topological polar surface area (TPSA) is 125 Å². The van der Waals surface area contributed by atoms with Crippen molar-refractivity contribution < 1.29 is 14.3 Å². The zero-order valence-electron chi connectivity index (χ0n) is 10.2. The second-order valence-corrected chi connectivity index (χ2v) is 4.58. The van der Waals surface area contributed by atoms with Crippen molar-refractivity contribution in [1.29, 1.82) is 0 Å². The van der Waals surface area contributed by atoms with Crippen LogP contribution in [0.4, 0.5) is 11.4 Å². The summed E-state index contributed by atoms with van der Waals surface area (Å²) >= 11 is 0.895. The Balaban J connectivity index is 2.35. The molecule has 0 bridgehead atoms. The largest absolute Gasteiger partial charge is 0.416 e. The van der Waals surface area contributed by atoms with Crippen molar-refractivity contribution in [2.75, 3.05) is 0 Å². The second kappa shape index (κ2) is 5.65. The van der Waals surface area contributed by atoms with Crippen LogP contribution in [0.2, 0.25) is 0 Å². The predicted octanol–water partition coefficient (Wildman–Crippen LogP) is 2.60. The molecule has 2 rings (SSSR count). The van der Waals surface area contributed by atoms with Gasteiger partial charge in [-0.15, -0.1) is 10.2 Å². The van der Waals surface area contributed by atoms with E-state index in [2.05, 4.69) is 10.2 Å². The fourth-order valence-electron chi connectivity index (χ4n) is 1.36. The van der Waals surface area contributed by atoms with E-state index in [0.717, 1.165) is 17.8 Å². The van der Waals surface area contributed by atoms with E-state index in [0.29, 0.717) is 12.3 Å². The Labute approximate surface area is 116 Å². The van der Waals surface area contributed by atoms with E-state index in [9.17, 15) is 20.2 Å². The van der Waals surface area contributed by atoms with Gasteiger partial charge >= 0.3 is 0 Å². The fourth-order valence-corrected chi connectivity index (χ4v) is 2.15. The smallest absolute Gasteiger partial charge is 0.290 e.